The van der Waals surface area contributed by atoms with Crippen LogP contribution in [0.2, 0.25) is 0 Å². The topological polar surface area (TPSA) is 65.1 Å². The van der Waals surface area contributed by atoms with E-state index < -0.39 is 0 Å². The Balaban J connectivity index is 0.00000324. The van der Waals surface area contributed by atoms with Gasteiger partial charge in [-0.25, -0.2) is 0 Å². The second kappa shape index (κ2) is 11.4. The maximum Gasteiger partial charge on any atom is 0.176 e. The number of fused-ring (bicyclic) bond motifs is 1. The molecule has 0 spiro atoms. The molecule has 1 fully saturated rings. The van der Waals surface area contributed by atoms with Crippen LogP contribution in [-0.4, -0.2) is 57.4 Å². The van der Waals surface area contributed by atoms with Crippen LogP contribution >= 0.6 is 12.4 Å². The molecule has 3 aromatic carbocycles. The average Bonchev–Trinajstić information content (AvgIpc) is 2.87. The lowest BCUT2D eigenvalue weighted by atomic mass is 9.87. The standard InChI is InChI=1S/C27H29NO5.ClH/c1-31-22-15-24(32-2)26(25(16-22)33-3)27(30)19-10-12-28(13-11-19)17-23(29)21-9-8-18-6-4-5-7-20(18)14-21;/h4-9,14-16,19H,10-13,17H2,1-3H3;1H. The molecule has 0 bridgehead atoms. The van der Waals surface area contributed by atoms with Crippen molar-refractivity contribution < 1.29 is 23.8 Å². The Labute approximate surface area is 206 Å². The fraction of sp³-hybridized carbons (Fsp3) is 0.333. The zero-order chi connectivity index (χ0) is 23.4. The van der Waals surface area contributed by atoms with E-state index in [1.807, 2.05) is 42.5 Å². The largest absolute Gasteiger partial charge is 0.496 e. The van der Waals surface area contributed by atoms with E-state index in [0.717, 1.165) is 16.3 Å². The summed E-state index contributed by atoms with van der Waals surface area (Å²) in [6, 6.07) is 17.3. The Morgan fingerprint density at radius 3 is 2.06 bits per heavy atom. The van der Waals surface area contributed by atoms with Gasteiger partial charge in [-0.3, -0.25) is 14.5 Å². The SMILES string of the molecule is COc1cc(OC)c(C(=O)C2CCN(CC(=O)c3ccc4ccccc4c3)CC2)c(OC)c1.Cl. The molecular formula is C27H30ClNO5. The minimum absolute atomic E-state index is 0. The quantitative estimate of drug-likeness (QED) is 0.417. The van der Waals surface area contributed by atoms with Gasteiger partial charge < -0.3 is 14.2 Å². The van der Waals surface area contributed by atoms with Gasteiger partial charge in [-0.05, 0) is 42.8 Å². The minimum Gasteiger partial charge on any atom is -0.496 e. The number of halogens is 1. The molecule has 7 heteroatoms. The fourth-order valence-corrected chi connectivity index (χ4v) is 4.46. The Morgan fingerprint density at radius 2 is 1.47 bits per heavy atom. The van der Waals surface area contributed by atoms with E-state index in [9.17, 15) is 9.59 Å². The Hall–Kier alpha value is -3.09. The molecular weight excluding hydrogens is 454 g/mol. The zero-order valence-electron chi connectivity index (χ0n) is 19.7. The molecule has 0 aromatic heterocycles. The van der Waals surface area contributed by atoms with Crippen molar-refractivity contribution in [2.45, 2.75) is 12.8 Å². The summed E-state index contributed by atoms with van der Waals surface area (Å²) < 4.78 is 16.2. The maximum atomic E-state index is 13.3. The Morgan fingerprint density at radius 1 is 0.853 bits per heavy atom. The third-order valence-electron chi connectivity index (χ3n) is 6.36. The summed E-state index contributed by atoms with van der Waals surface area (Å²) in [6.45, 7) is 1.74. The first kappa shape index (κ1) is 25.5. The lowest BCUT2D eigenvalue weighted by Gasteiger charge is -2.31. The van der Waals surface area contributed by atoms with Crippen LogP contribution in [0.25, 0.3) is 10.8 Å². The van der Waals surface area contributed by atoms with Crippen molar-refractivity contribution in [2.24, 2.45) is 5.92 Å². The summed E-state index contributed by atoms with van der Waals surface area (Å²) >= 11 is 0. The van der Waals surface area contributed by atoms with Gasteiger partial charge in [0.2, 0.25) is 0 Å². The van der Waals surface area contributed by atoms with E-state index in [1.54, 1.807) is 19.2 Å². The van der Waals surface area contributed by atoms with E-state index in [0.29, 0.717) is 55.3 Å². The average molecular weight is 484 g/mol. The summed E-state index contributed by atoms with van der Waals surface area (Å²) in [5, 5.41) is 2.19. The van der Waals surface area contributed by atoms with Gasteiger partial charge >= 0.3 is 0 Å². The van der Waals surface area contributed by atoms with Crippen LogP contribution in [0.4, 0.5) is 0 Å². The summed E-state index contributed by atoms with van der Waals surface area (Å²) in [5.41, 5.74) is 1.17. The van der Waals surface area contributed by atoms with Crippen LogP contribution in [0.3, 0.4) is 0 Å². The molecule has 0 aliphatic carbocycles. The van der Waals surface area contributed by atoms with Crippen molar-refractivity contribution in [1.82, 2.24) is 4.90 Å². The zero-order valence-corrected chi connectivity index (χ0v) is 20.5. The highest BCUT2D eigenvalue weighted by molar-refractivity contribution is 6.03. The van der Waals surface area contributed by atoms with E-state index in [-0.39, 0.29) is 29.9 Å². The van der Waals surface area contributed by atoms with Crippen LogP contribution in [0, 0.1) is 5.92 Å². The van der Waals surface area contributed by atoms with Crippen LogP contribution in [0.1, 0.15) is 33.6 Å². The molecule has 0 atom stereocenters. The first-order valence-corrected chi connectivity index (χ1v) is 11.1. The Kier molecular flexibility index (Phi) is 8.53. The van der Waals surface area contributed by atoms with Gasteiger partial charge in [0.15, 0.2) is 11.6 Å². The van der Waals surface area contributed by atoms with Crippen molar-refractivity contribution in [3.63, 3.8) is 0 Å². The first-order chi connectivity index (χ1) is 16.0. The van der Waals surface area contributed by atoms with Crippen molar-refractivity contribution >= 4 is 34.7 Å². The number of ketones is 2. The molecule has 0 amide bonds. The van der Waals surface area contributed by atoms with Gasteiger partial charge in [0.05, 0.1) is 27.9 Å². The molecule has 1 saturated heterocycles. The number of nitrogens with zero attached hydrogens (tertiary/aromatic N) is 1. The molecule has 0 radical (unpaired) electrons. The smallest absolute Gasteiger partial charge is 0.176 e. The second-order valence-electron chi connectivity index (χ2n) is 8.31. The van der Waals surface area contributed by atoms with E-state index >= 15 is 0 Å². The summed E-state index contributed by atoms with van der Waals surface area (Å²) in [4.78, 5) is 28.3. The molecule has 0 saturated carbocycles. The van der Waals surface area contributed by atoms with Crippen LogP contribution in [-0.2, 0) is 0 Å². The number of carbonyl (C=O) groups excluding carboxylic acids is 2. The lowest BCUT2D eigenvalue weighted by molar-refractivity contribution is 0.0801. The van der Waals surface area contributed by atoms with Gasteiger partial charge in [-0.2, -0.15) is 0 Å². The molecule has 4 rings (SSSR count). The molecule has 0 N–H and O–H groups in total. The summed E-state index contributed by atoms with van der Waals surface area (Å²) in [5.74, 6) is 1.43. The molecule has 3 aromatic rings. The van der Waals surface area contributed by atoms with E-state index in [1.165, 1.54) is 14.2 Å². The first-order valence-electron chi connectivity index (χ1n) is 11.1. The summed E-state index contributed by atoms with van der Waals surface area (Å²) in [6.07, 6.45) is 1.37. The van der Waals surface area contributed by atoms with Crippen LogP contribution < -0.4 is 14.2 Å². The molecule has 1 aliphatic rings. The Bertz CT molecular complexity index is 1150. The normalized spacial score (nSPS) is 14.3. The molecule has 34 heavy (non-hydrogen) atoms. The fourth-order valence-electron chi connectivity index (χ4n) is 4.46. The van der Waals surface area contributed by atoms with Crippen molar-refractivity contribution in [1.29, 1.82) is 0 Å². The van der Waals surface area contributed by atoms with Crippen LogP contribution in [0.15, 0.2) is 54.6 Å². The number of rotatable bonds is 8. The third-order valence-corrected chi connectivity index (χ3v) is 6.36. The summed E-state index contributed by atoms with van der Waals surface area (Å²) in [7, 11) is 4.63. The predicted octanol–water partition coefficient (Wildman–Crippen LogP) is 5.07. The van der Waals surface area contributed by atoms with E-state index in [2.05, 4.69) is 4.90 Å². The number of Topliss-reactive ketones (excluding diaryl/α,β-unsaturated/α-hetero) is 2. The van der Waals surface area contributed by atoms with Gasteiger partial charge in [0, 0.05) is 23.6 Å². The number of benzene rings is 3. The number of methoxy groups -OCH3 is 3. The molecule has 6 nitrogen and oxygen atoms in total. The molecule has 0 unspecified atom stereocenters. The van der Waals surface area contributed by atoms with Gasteiger partial charge in [0.1, 0.15) is 22.8 Å². The minimum atomic E-state index is -0.145. The van der Waals surface area contributed by atoms with Gasteiger partial charge in [-0.15, -0.1) is 12.4 Å². The highest BCUT2D eigenvalue weighted by Gasteiger charge is 2.31. The number of hydrogen-bond acceptors (Lipinski definition) is 6. The highest BCUT2D eigenvalue weighted by atomic mass is 35.5. The predicted molar refractivity (Wildman–Crippen MR) is 135 cm³/mol. The number of ether oxygens (including phenoxy) is 3. The van der Waals surface area contributed by atoms with Gasteiger partial charge in [-0.1, -0.05) is 36.4 Å². The maximum absolute atomic E-state index is 13.3. The van der Waals surface area contributed by atoms with Crippen LogP contribution in [0.5, 0.6) is 17.2 Å². The third kappa shape index (κ3) is 5.34. The van der Waals surface area contributed by atoms with Crippen molar-refractivity contribution in [3.8, 4) is 17.2 Å². The number of carbonyl (C=O) groups is 2. The van der Waals surface area contributed by atoms with Gasteiger partial charge in [0.25, 0.3) is 0 Å². The van der Waals surface area contributed by atoms with Crippen molar-refractivity contribution in [3.05, 3.63) is 65.7 Å². The number of hydrogen-bond donors (Lipinski definition) is 0. The van der Waals surface area contributed by atoms with E-state index in [4.69, 9.17) is 14.2 Å². The molecule has 1 heterocycles. The number of likely N-dealkylation sites (tertiary alicyclic amines) is 1. The lowest BCUT2D eigenvalue weighted by Crippen LogP contribution is -2.39. The van der Waals surface area contributed by atoms with Crippen molar-refractivity contribution in [2.75, 3.05) is 41.0 Å². The monoisotopic (exact) mass is 483 g/mol. The number of piperidine rings is 1. The second-order valence-corrected chi connectivity index (χ2v) is 8.31. The highest BCUT2D eigenvalue weighted by Crippen LogP contribution is 2.37. The molecule has 180 valence electrons. The molecule has 1 aliphatic heterocycles.